The lowest BCUT2D eigenvalue weighted by molar-refractivity contribution is -0.117. The number of aromatic nitrogens is 3. The van der Waals surface area contributed by atoms with Crippen molar-refractivity contribution in [1.29, 1.82) is 0 Å². The molecule has 7 heteroatoms. The van der Waals surface area contributed by atoms with E-state index in [1.807, 2.05) is 50.1 Å². The Morgan fingerprint density at radius 2 is 1.88 bits per heavy atom. The fourth-order valence-corrected chi connectivity index (χ4v) is 4.17. The van der Waals surface area contributed by atoms with Crippen molar-refractivity contribution in [1.82, 2.24) is 14.8 Å². The highest BCUT2D eigenvalue weighted by atomic mass is 16.5. The van der Waals surface area contributed by atoms with Crippen molar-refractivity contribution in [2.24, 2.45) is 0 Å². The summed E-state index contributed by atoms with van der Waals surface area (Å²) >= 11 is 0. The van der Waals surface area contributed by atoms with Crippen LogP contribution in [-0.2, 0) is 14.9 Å². The number of carbonyl (C=O) groups is 2. The van der Waals surface area contributed by atoms with E-state index in [9.17, 15) is 9.59 Å². The number of esters is 1. The Morgan fingerprint density at radius 3 is 2.50 bits per heavy atom. The molecule has 1 aromatic carbocycles. The maximum atomic E-state index is 12.6. The third-order valence-electron chi connectivity index (χ3n) is 5.79. The first-order valence-electron chi connectivity index (χ1n) is 10.4. The maximum Gasteiger partial charge on any atom is 0.340 e. The van der Waals surface area contributed by atoms with E-state index in [-0.39, 0.29) is 23.4 Å². The molecule has 0 amide bonds. The number of likely N-dealkylation sites (N-methyl/N-ethyl adjacent to an activating group) is 1. The van der Waals surface area contributed by atoms with Crippen LogP contribution in [0, 0.1) is 13.8 Å². The van der Waals surface area contributed by atoms with Crippen LogP contribution in [0.4, 0.5) is 5.69 Å². The molecule has 0 fully saturated rings. The number of anilines is 1. The van der Waals surface area contributed by atoms with Gasteiger partial charge in [-0.05, 0) is 43.7 Å². The Hall–Kier alpha value is -3.74. The fraction of sp³-hybridized carbons (Fsp3) is 0.280. The minimum atomic E-state index is -0.591. The van der Waals surface area contributed by atoms with Crippen LogP contribution in [-0.4, -0.2) is 40.2 Å². The lowest BCUT2D eigenvalue weighted by Crippen LogP contribution is -2.25. The molecule has 7 nitrogen and oxygen atoms in total. The van der Waals surface area contributed by atoms with E-state index in [4.69, 9.17) is 4.74 Å². The van der Waals surface area contributed by atoms with Crippen molar-refractivity contribution >= 4 is 17.4 Å². The van der Waals surface area contributed by atoms with Crippen LogP contribution in [0.2, 0.25) is 0 Å². The molecule has 0 aliphatic carbocycles. The third kappa shape index (κ3) is 3.82. The summed E-state index contributed by atoms with van der Waals surface area (Å²) in [5.41, 5.74) is 4.91. The molecule has 0 bridgehead atoms. The molecule has 0 saturated carbocycles. The first-order valence-corrected chi connectivity index (χ1v) is 10.4. The van der Waals surface area contributed by atoms with Crippen LogP contribution in [0.1, 0.15) is 41.2 Å². The highest BCUT2D eigenvalue weighted by Crippen LogP contribution is 2.46. The number of hydrogen-bond acceptors (Lipinski definition) is 6. The zero-order valence-electron chi connectivity index (χ0n) is 18.9. The molecule has 1 aliphatic heterocycles. The topological polar surface area (TPSA) is 77.3 Å². The quantitative estimate of drug-likeness (QED) is 0.451. The predicted molar refractivity (Wildman–Crippen MR) is 122 cm³/mol. The normalized spacial score (nSPS) is 15.7. The summed E-state index contributed by atoms with van der Waals surface area (Å²) < 4.78 is 6.95. The molecule has 32 heavy (non-hydrogen) atoms. The molecule has 164 valence electrons. The maximum absolute atomic E-state index is 12.6. The van der Waals surface area contributed by atoms with Crippen LogP contribution < -0.4 is 4.90 Å². The zero-order valence-corrected chi connectivity index (χ0v) is 18.9. The largest absolute Gasteiger partial charge is 0.454 e. The molecule has 0 radical (unpaired) electrons. The number of hydrogen-bond donors (Lipinski definition) is 0. The second-order valence-corrected chi connectivity index (χ2v) is 8.52. The first-order chi connectivity index (χ1) is 15.2. The second kappa shape index (κ2) is 8.07. The number of pyridine rings is 1. The van der Waals surface area contributed by atoms with Gasteiger partial charge in [0.2, 0.25) is 0 Å². The summed E-state index contributed by atoms with van der Waals surface area (Å²) in [6.07, 6.45) is 3.00. The van der Waals surface area contributed by atoms with E-state index in [0.29, 0.717) is 5.82 Å². The van der Waals surface area contributed by atoms with Gasteiger partial charge in [-0.15, -0.1) is 0 Å². The van der Waals surface area contributed by atoms with E-state index in [1.165, 1.54) is 6.20 Å². The van der Waals surface area contributed by atoms with Crippen molar-refractivity contribution in [3.8, 4) is 5.82 Å². The Kier molecular flexibility index (Phi) is 5.42. The minimum absolute atomic E-state index is 0.270. The average molecular weight is 431 g/mol. The molecular formula is C25H26N4O3. The highest BCUT2D eigenvalue weighted by molar-refractivity contribution is 5.96. The van der Waals surface area contributed by atoms with E-state index in [1.54, 1.807) is 22.9 Å². The standard InChI is InChI=1S/C25H26N4O3/c1-16-12-17(2)29(27-16)23-11-10-18(14-26-23)24(31)32-15-19(30)13-22-25(3,4)20-8-6-7-9-21(20)28(22)5/h6-14H,15H2,1-5H3/b22-13-. The summed E-state index contributed by atoms with van der Waals surface area (Å²) in [6.45, 7) is 7.67. The van der Waals surface area contributed by atoms with Crippen molar-refractivity contribution in [2.75, 3.05) is 18.6 Å². The number of rotatable bonds is 5. The summed E-state index contributed by atoms with van der Waals surface area (Å²) in [6, 6.07) is 13.3. The van der Waals surface area contributed by atoms with Crippen LogP contribution in [0.25, 0.3) is 5.82 Å². The molecule has 0 saturated heterocycles. The van der Waals surface area contributed by atoms with Gasteiger partial charge in [0.15, 0.2) is 18.2 Å². The highest BCUT2D eigenvalue weighted by Gasteiger charge is 2.38. The van der Waals surface area contributed by atoms with E-state index in [0.717, 1.165) is 28.3 Å². The smallest absolute Gasteiger partial charge is 0.340 e. The van der Waals surface area contributed by atoms with Gasteiger partial charge in [0.1, 0.15) is 0 Å². The number of ether oxygens (including phenoxy) is 1. The number of aryl methyl sites for hydroxylation is 2. The number of nitrogens with zero attached hydrogens (tertiary/aromatic N) is 4. The molecule has 2 aromatic heterocycles. The summed E-state index contributed by atoms with van der Waals surface area (Å²) in [7, 11) is 1.94. The summed E-state index contributed by atoms with van der Waals surface area (Å²) in [4.78, 5) is 31.3. The molecular weight excluding hydrogens is 404 g/mol. The molecule has 0 N–H and O–H groups in total. The zero-order chi connectivity index (χ0) is 23.0. The van der Waals surface area contributed by atoms with Crippen LogP contribution in [0.15, 0.2) is 60.4 Å². The van der Waals surface area contributed by atoms with Gasteiger partial charge in [0.25, 0.3) is 0 Å². The van der Waals surface area contributed by atoms with Gasteiger partial charge in [-0.3, -0.25) is 4.79 Å². The Balaban J connectivity index is 1.42. The summed E-state index contributed by atoms with van der Waals surface area (Å²) in [5.74, 6) is -0.251. The van der Waals surface area contributed by atoms with Gasteiger partial charge in [-0.2, -0.15) is 5.10 Å². The second-order valence-electron chi connectivity index (χ2n) is 8.52. The molecule has 0 unspecified atom stereocenters. The van der Waals surface area contributed by atoms with E-state index >= 15 is 0 Å². The predicted octanol–water partition coefficient (Wildman–Crippen LogP) is 3.92. The van der Waals surface area contributed by atoms with Crippen LogP contribution >= 0.6 is 0 Å². The molecule has 0 atom stereocenters. The minimum Gasteiger partial charge on any atom is -0.454 e. The average Bonchev–Trinajstić information content (AvgIpc) is 3.21. The van der Waals surface area contributed by atoms with Crippen molar-refractivity contribution in [3.63, 3.8) is 0 Å². The first kappa shape index (κ1) is 21.5. The Labute approximate surface area is 187 Å². The van der Waals surface area contributed by atoms with Crippen molar-refractivity contribution < 1.29 is 14.3 Å². The number of carbonyl (C=O) groups excluding carboxylic acids is 2. The number of para-hydroxylation sites is 1. The lowest BCUT2D eigenvalue weighted by Gasteiger charge is -2.23. The third-order valence-corrected chi connectivity index (χ3v) is 5.79. The molecule has 1 aliphatic rings. The van der Waals surface area contributed by atoms with Crippen molar-refractivity contribution in [2.45, 2.75) is 33.1 Å². The fourth-order valence-electron chi connectivity index (χ4n) is 4.17. The number of fused-ring (bicyclic) bond motifs is 1. The van der Waals surface area contributed by atoms with Crippen molar-refractivity contribution in [3.05, 3.63) is 82.9 Å². The van der Waals surface area contributed by atoms with Gasteiger partial charge in [0.05, 0.1) is 11.3 Å². The number of ketones is 1. The van der Waals surface area contributed by atoms with Gasteiger partial charge < -0.3 is 9.64 Å². The van der Waals surface area contributed by atoms with Gasteiger partial charge in [-0.1, -0.05) is 32.0 Å². The van der Waals surface area contributed by atoms with Gasteiger partial charge in [-0.25, -0.2) is 14.5 Å². The van der Waals surface area contributed by atoms with E-state index in [2.05, 4.69) is 30.0 Å². The Bertz CT molecular complexity index is 1220. The monoisotopic (exact) mass is 430 g/mol. The van der Waals surface area contributed by atoms with Crippen LogP contribution in [0.3, 0.4) is 0 Å². The van der Waals surface area contributed by atoms with Crippen LogP contribution in [0.5, 0.6) is 0 Å². The summed E-state index contributed by atoms with van der Waals surface area (Å²) in [5, 5.41) is 4.38. The van der Waals surface area contributed by atoms with Gasteiger partial charge >= 0.3 is 5.97 Å². The SMILES string of the molecule is Cc1cc(C)n(-c2ccc(C(=O)OCC(=O)/C=C3\N(C)c4ccccc4C3(C)C)cn2)n1. The molecule has 3 aromatic rings. The van der Waals surface area contributed by atoms with E-state index < -0.39 is 5.97 Å². The number of allylic oxidation sites excluding steroid dienone is 1. The molecule has 4 rings (SSSR count). The lowest BCUT2D eigenvalue weighted by atomic mass is 9.83. The Morgan fingerprint density at radius 1 is 1.12 bits per heavy atom. The molecule has 0 spiro atoms. The van der Waals surface area contributed by atoms with Gasteiger partial charge in [0, 0.05) is 41.8 Å². The number of benzene rings is 1. The molecule has 3 heterocycles.